The van der Waals surface area contributed by atoms with Crippen LogP contribution in [0, 0.1) is 11.3 Å². The number of hydrogen-bond donors (Lipinski definition) is 0. The van der Waals surface area contributed by atoms with Crippen LogP contribution in [0.1, 0.15) is 84.0 Å². The van der Waals surface area contributed by atoms with Gasteiger partial charge in [0.1, 0.15) is 0 Å². The average Bonchev–Trinajstić information content (AvgIpc) is 3.12. The van der Waals surface area contributed by atoms with Crippen molar-refractivity contribution in [1.82, 2.24) is 4.90 Å². The van der Waals surface area contributed by atoms with Crippen molar-refractivity contribution in [3.8, 4) is 6.07 Å². The van der Waals surface area contributed by atoms with Gasteiger partial charge in [0, 0.05) is 25.7 Å². The van der Waals surface area contributed by atoms with Crippen LogP contribution in [0.5, 0.6) is 0 Å². The molecule has 150 valence electrons. The highest BCUT2D eigenvalue weighted by molar-refractivity contribution is 7.46. The maximum Gasteiger partial charge on any atom is 0.222 e. The molecule has 0 spiro atoms. The Morgan fingerprint density at radius 1 is 1.12 bits per heavy atom. The maximum atomic E-state index is 12.2. The summed E-state index contributed by atoms with van der Waals surface area (Å²) in [6.45, 7) is 6.32. The third-order valence-electron chi connectivity index (χ3n) is 4.96. The predicted molar refractivity (Wildman–Crippen MR) is 107 cm³/mol. The Morgan fingerprint density at radius 2 is 1.77 bits per heavy atom. The van der Waals surface area contributed by atoms with Gasteiger partial charge in [0.05, 0.1) is 25.7 Å². The first-order valence-electron chi connectivity index (χ1n) is 10.3. The smallest absolute Gasteiger partial charge is 0.222 e. The number of carbonyl (C=O) groups is 1. The summed E-state index contributed by atoms with van der Waals surface area (Å²) in [7, 11) is -0.827. The minimum absolute atomic E-state index is 0.375. The molecule has 0 bridgehead atoms. The first-order chi connectivity index (χ1) is 12.7. The number of carbonyl (C=O) groups excluding carboxylic acids is 1. The lowest BCUT2D eigenvalue weighted by Gasteiger charge is -2.23. The van der Waals surface area contributed by atoms with Gasteiger partial charge in [0.15, 0.2) is 8.38 Å². The number of nitrogens with zero attached hydrogens (tertiary/aromatic N) is 2. The minimum Gasteiger partial charge on any atom is -0.340 e. The van der Waals surface area contributed by atoms with Crippen LogP contribution in [0.4, 0.5) is 0 Å². The standard InChI is InChI=1S/C20H37N2O3P/c1-3-19-13-11-16-22(19)20(23)14-9-7-5-4-6-8-10-17-24-26(2)25-18-12-15-21/h19H,3-14,16-18H2,1-2H3. The molecule has 2 unspecified atom stereocenters. The molecule has 1 rings (SSSR count). The topological polar surface area (TPSA) is 62.6 Å². The molecule has 1 saturated heterocycles. The molecule has 0 saturated carbocycles. The van der Waals surface area contributed by atoms with Crippen molar-refractivity contribution in [1.29, 1.82) is 5.26 Å². The van der Waals surface area contributed by atoms with E-state index in [1.807, 2.05) is 6.66 Å². The van der Waals surface area contributed by atoms with Crippen molar-refractivity contribution < 1.29 is 13.8 Å². The number of unbranched alkanes of at least 4 members (excludes halogenated alkanes) is 6. The van der Waals surface area contributed by atoms with Crippen LogP contribution in [0.3, 0.4) is 0 Å². The number of nitriles is 1. The summed E-state index contributed by atoms with van der Waals surface area (Å²) in [6.07, 6.45) is 12.8. The van der Waals surface area contributed by atoms with Crippen LogP contribution in [-0.2, 0) is 13.8 Å². The minimum atomic E-state index is -0.827. The fraction of sp³-hybridized carbons (Fsp3) is 0.900. The van der Waals surface area contributed by atoms with Crippen molar-refractivity contribution in [2.24, 2.45) is 0 Å². The molecule has 0 N–H and O–H groups in total. The highest BCUT2D eigenvalue weighted by atomic mass is 31.2. The summed E-state index contributed by atoms with van der Waals surface area (Å²) in [5.41, 5.74) is 0. The van der Waals surface area contributed by atoms with Crippen molar-refractivity contribution in [2.45, 2.75) is 90.0 Å². The van der Waals surface area contributed by atoms with E-state index < -0.39 is 8.38 Å². The second-order valence-electron chi connectivity index (χ2n) is 7.03. The molecule has 0 aromatic rings. The SMILES string of the molecule is CCC1CCCN1C(=O)CCCCCCCCCOP(C)OCCC#N. The lowest BCUT2D eigenvalue weighted by molar-refractivity contribution is -0.132. The monoisotopic (exact) mass is 384 g/mol. The predicted octanol–water partition coefficient (Wildman–Crippen LogP) is 5.40. The zero-order chi connectivity index (χ0) is 19.0. The third kappa shape index (κ3) is 10.5. The molecule has 1 aliphatic rings. The Labute approximate surface area is 161 Å². The molecule has 5 nitrogen and oxygen atoms in total. The molecule has 0 aromatic heterocycles. The van der Waals surface area contributed by atoms with E-state index in [9.17, 15) is 4.79 Å². The first-order valence-corrected chi connectivity index (χ1v) is 12.0. The van der Waals surface area contributed by atoms with Crippen molar-refractivity contribution in [3.05, 3.63) is 0 Å². The lowest BCUT2D eigenvalue weighted by atomic mass is 10.1. The van der Waals surface area contributed by atoms with E-state index in [0.717, 1.165) is 38.8 Å². The van der Waals surface area contributed by atoms with Crippen LogP contribution in [0.25, 0.3) is 0 Å². The molecule has 0 aromatic carbocycles. The Hall–Kier alpha value is -0.690. The van der Waals surface area contributed by atoms with Crippen molar-refractivity contribution in [3.63, 3.8) is 0 Å². The summed E-state index contributed by atoms with van der Waals surface area (Å²) >= 11 is 0. The number of rotatable bonds is 15. The van der Waals surface area contributed by atoms with Crippen LogP contribution in [0.15, 0.2) is 0 Å². The van der Waals surface area contributed by atoms with Crippen LogP contribution >= 0.6 is 8.38 Å². The van der Waals surface area contributed by atoms with E-state index in [-0.39, 0.29) is 0 Å². The van der Waals surface area contributed by atoms with Crippen LogP contribution in [-0.4, -0.2) is 43.3 Å². The van der Waals surface area contributed by atoms with Gasteiger partial charge in [-0.1, -0.05) is 39.0 Å². The van der Waals surface area contributed by atoms with Crippen molar-refractivity contribution >= 4 is 14.3 Å². The van der Waals surface area contributed by atoms with E-state index in [4.69, 9.17) is 14.3 Å². The highest BCUT2D eigenvalue weighted by Gasteiger charge is 2.26. The normalized spacial score (nSPS) is 18.0. The van der Waals surface area contributed by atoms with Gasteiger partial charge in [-0.15, -0.1) is 0 Å². The summed E-state index contributed by atoms with van der Waals surface area (Å²) in [5.74, 6) is 0.375. The van der Waals surface area contributed by atoms with Gasteiger partial charge in [-0.2, -0.15) is 5.26 Å². The highest BCUT2D eigenvalue weighted by Crippen LogP contribution is 2.33. The lowest BCUT2D eigenvalue weighted by Crippen LogP contribution is -2.34. The first kappa shape index (κ1) is 23.3. The van der Waals surface area contributed by atoms with Gasteiger partial charge in [-0.25, -0.2) is 0 Å². The second-order valence-corrected chi connectivity index (χ2v) is 8.43. The average molecular weight is 385 g/mol. The molecule has 0 radical (unpaired) electrons. The van der Waals surface area contributed by atoms with E-state index in [1.165, 1.54) is 44.9 Å². The summed E-state index contributed by atoms with van der Waals surface area (Å²) in [6, 6.07) is 2.57. The summed E-state index contributed by atoms with van der Waals surface area (Å²) in [4.78, 5) is 14.4. The fourth-order valence-corrected chi connectivity index (χ4v) is 4.25. The summed E-state index contributed by atoms with van der Waals surface area (Å²) < 4.78 is 11.0. The molecule has 26 heavy (non-hydrogen) atoms. The zero-order valence-corrected chi connectivity index (χ0v) is 17.6. The van der Waals surface area contributed by atoms with Crippen LogP contribution < -0.4 is 0 Å². The van der Waals surface area contributed by atoms with Gasteiger partial charge < -0.3 is 13.9 Å². The number of likely N-dealkylation sites (tertiary alicyclic amines) is 1. The van der Waals surface area contributed by atoms with Gasteiger partial charge in [-0.3, -0.25) is 4.79 Å². The Balaban J connectivity index is 1.86. The maximum absolute atomic E-state index is 12.2. The molecule has 0 aliphatic carbocycles. The Kier molecular flexibility index (Phi) is 13.8. The molecule has 2 atom stereocenters. The van der Waals surface area contributed by atoms with Gasteiger partial charge in [-0.05, 0) is 32.1 Å². The molecular formula is C20H37N2O3P. The molecule has 1 aliphatic heterocycles. The van der Waals surface area contributed by atoms with Gasteiger partial charge >= 0.3 is 0 Å². The molecular weight excluding hydrogens is 347 g/mol. The number of hydrogen-bond acceptors (Lipinski definition) is 4. The van der Waals surface area contributed by atoms with Crippen LogP contribution in [0.2, 0.25) is 0 Å². The second kappa shape index (κ2) is 15.4. The zero-order valence-electron chi connectivity index (χ0n) is 16.8. The largest absolute Gasteiger partial charge is 0.340 e. The van der Waals surface area contributed by atoms with E-state index in [2.05, 4.69) is 17.9 Å². The number of amides is 1. The van der Waals surface area contributed by atoms with Crippen molar-refractivity contribution in [2.75, 3.05) is 26.4 Å². The fourth-order valence-electron chi connectivity index (χ4n) is 3.44. The van der Waals surface area contributed by atoms with E-state index >= 15 is 0 Å². The molecule has 1 heterocycles. The Bertz CT molecular complexity index is 414. The third-order valence-corrected chi connectivity index (χ3v) is 6.06. The Morgan fingerprint density at radius 3 is 2.46 bits per heavy atom. The van der Waals surface area contributed by atoms with Gasteiger partial charge in [0.2, 0.25) is 5.91 Å². The van der Waals surface area contributed by atoms with Gasteiger partial charge in [0.25, 0.3) is 0 Å². The quantitative estimate of drug-likeness (QED) is 0.280. The molecule has 6 heteroatoms. The van der Waals surface area contributed by atoms with E-state index in [0.29, 0.717) is 25.0 Å². The summed E-state index contributed by atoms with van der Waals surface area (Å²) in [5, 5.41) is 8.44. The molecule has 1 fully saturated rings. The molecule has 1 amide bonds. The van der Waals surface area contributed by atoms with E-state index in [1.54, 1.807) is 0 Å².